The molecule has 0 saturated heterocycles. The third kappa shape index (κ3) is 49.4. The smallest absolute Gasteiger partial charge is 0.306 e. The summed E-state index contributed by atoms with van der Waals surface area (Å²) >= 11 is 0. The number of carbonyl (C=O) groups excluding carboxylic acids is 3. The Morgan fingerprint density at radius 2 is 0.532 bits per heavy atom. The molecule has 0 heterocycles. The first-order chi connectivity index (χ1) is 30.2. The van der Waals surface area contributed by atoms with Gasteiger partial charge in [0.15, 0.2) is 6.10 Å². The van der Waals surface area contributed by atoms with Gasteiger partial charge in [-0.2, -0.15) is 0 Å². The molecule has 0 fully saturated rings. The maximum Gasteiger partial charge on any atom is 0.306 e. The molecular weight excluding hydrogens is 769 g/mol. The Kier molecular flexibility index (Phi) is 47.6. The van der Waals surface area contributed by atoms with Crippen LogP contribution in [0.3, 0.4) is 0 Å². The summed E-state index contributed by atoms with van der Waals surface area (Å²) in [5, 5.41) is 0. The molecule has 0 aromatic rings. The fourth-order valence-corrected chi connectivity index (χ4v) is 8.52. The highest BCUT2D eigenvalue weighted by Gasteiger charge is 2.19. The highest BCUT2D eigenvalue weighted by molar-refractivity contribution is 5.71. The Morgan fingerprint density at radius 3 is 0.790 bits per heavy atom. The predicted molar refractivity (Wildman–Crippen MR) is 266 cm³/mol. The topological polar surface area (TPSA) is 78.9 Å². The van der Waals surface area contributed by atoms with Gasteiger partial charge in [-0.15, -0.1) is 0 Å². The molecule has 0 aliphatic rings. The maximum atomic E-state index is 12.7. The molecule has 6 nitrogen and oxygen atoms in total. The number of rotatable bonds is 50. The predicted octanol–water partition coefficient (Wildman–Crippen LogP) is 18.1. The van der Waals surface area contributed by atoms with Crippen LogP contribution in [0.2, 0.25) is 0 Å². The second kappa shape index (κ2) is 48.9. The molecule has 0 aromatic carbocycles. The van der Waals surface area contributed by atoms with E-state index in [9.17, 15) is 14.4 Å². The summed E-state index contributed by atoms with van der Waals surface area (Å²) in [7, 11) is 0. The SMILES string of the molecule is CCCCCCCCCCCC(=O)O[C@@H](COC(=O)CCCCCCCCCCCCCCCCCCCCC(C)C)COC(=O)CCCCCCCCCCCCCC(C)C. The third-order valence-corrected chi connectivity index (χ3v) is 12.7. The average Bonchev–Trinajstić information content (AvgIpc) is 3.24. The molecule has 0 saturated carbocycles. The van der Waals surface area contributed by atoms with Crippen molar-refractivity contribution in [2.75, 3.05) is 13.2 Å². The first-order valence-corrected chi connectivity index (χ1v) is 27.7. The van der Waals surface area contributed by atoms with Crippen molar-refractivity contribution in [1.29, 1.82) is 0 Å². The van der Waals surface area contributed by atoms with Crippen LogP contribution in [-0.2, 0) is 28.6 Å². The lowest BCUT2D eigenvalue weighted by Crippen LogP contribution is -2.30. The van der Waals surface area contributed by atoms with Crippen LogP contribution in [0.1, 0.15) is 311 Å². The normalized spacial score (nSPS) is 12.0. The van der Waals surface area contributed by atoms with E-state index in [2.05, 4.69) is 34.6 Å². The molecule has 0 unspecified atom stereocenters. The van der Waals surface area contributed by atoms with E-state index in [1.165, 1.54) is 199 Å². The van der Waals surface area contributed by atoms with Crippen molar-refractivity contribution in [1.82, 2.24) is 0 Å². The summed E-state index contributed by atoms with van der Waals surface area (Å²) in [4.78, 5) is 37.9. The lowest BCUT2D eigenvalue weighted by Gasteiger charge is -2.18. The fraction of sp³-hybridized carbons (Fsp3) is 0.946. The van der Waals surface area contributed by atoms with Crippen LogP contribution < -0.4 is 0 Å². The van der Waals surface area contributed by atoms with Crippen molar-refractivity contribution in [3.05, 3.63) is 0 Å². The van der Waals surface area contributed by atoms with E-state index >= 15 is 0 Å². The zero-order chi connectivity index (χ0) is 45.4. The summed E-state index contributed by atoms with van der Waals surface area (Å²) in [6, 6.07) is 0. The number of unbranched alkanes of at least 4 members (excludes halogenated alkanes) is 35. The second-order valence-corrected chi connectivity index (χ2v) is 20.2. The second-order valence-electron chi connectivity index (χ2n) is 20.2. The van der Waals surface area contributed by atoms with E-state index < -0.39 is 6.10 Å². The van der Waals surface area contributed by atoms with Gasteiger partial charge in [0.2, 0.25) is 0 Å². The lowest BCUT2D eigenvalue weighted by atomic mass is 10.0. The van der Waals surface area contributed by atoms with Crippen LogP contribution in [0.5, 0.6) is 0 Å². The van der Waals surface area contributed by atoms with Gasteiger partial charge in [-0.1, -0.05) is 272 Å². The van der Waals surface area contributed by atoms with Crippen molar-refractivity contribution < 1.29 is 28.6 Å². The van der Waals surface area contributed by atoms with E-state index in [0.29, 0.717) is 19.3 Å². The van der Waals surface area contributed by atoms with E-state index in [4.69, 9.17) is 14.2 Å². The van der Waals surface area contributed by atoms with Gasteiger partial charge < -0.3 is 14.2 Å². The van der Waals surface area contributed by atoms with Gasteiger partial charge in [-0.25, -0.2) is 0 Å². The van der Waals surface area contributed by atoms with Crippen molar-refractivity contribution in [2.45, 2.75) is 317 Å². The summed E-state index contributed by atoms with van der Waals surface area (Å²) in [6.07, 6.45) is 51.0. The molecule has 0 aliphatic carbocycles. The quantitative estimate of drug-likeness (QED) is 0.0344. The largest absolute Gasteiger partial charge is 0.462 e. The van der Waals surface area contributed by atoms with Crippen molar-refractivity contribution >= 4 is 17.9 Å². The van der Waals surface area contributed by atoms with Crippen molar-refractivity contribution in [2.24, 2.45) is 11.8 Å². The molecule has 0 bridgehead atoms. The number of ether oxygens (including phenoxy) is 3. The monoisotopic (exact) mass is 877 g/mol. The summed E-state index contributed by atoms with van der Waals surface area (Å²) < 4.78 is 16.8. The average molecular weight is 877 g/mol. The highest BCUT2D eigenvalue weighted by Crippen LogP contribution is 2.18. The van der Waals surface area contributed by atoms with Gasteiger partial charge >= 0.3 is 17.9 Å². The van der Waals surface area contributed by atoms with Gasteiger partial charge in [0.05, 0.1) is 0 Å². The number of carbonyl (C=O) groups is 3. The lowest BCUT2D eigenvalue weighted by molar-refractivity contribution is -0.167. The maximum absolute atomic E-state index is 12.7. The molecule has 0 aromatic heterocycles. The van der Waals surface area contributed by atoms with E-state index in [1.807, 2.05) is 0 Å². The molecule has 0 aliphatic heterocycles. The van der Waals surface area contributed by atoms with Crippen molar-refractivity contribution in [3.8, 4) is 0 Å². The third-order valence-electron chi connectivity index (χ3n) is 12.7. The van der Waals surface area contributed by atoms with E-state index in [-0.39, 0.29) is 31.1 Å². The number of hydrogen-bond donors (Lipinski definition) is 0. The Morgan fingerprint density at radius 1 is 0.306 bits per heavy atom. The molecule has 0 amide bonds. The molecule has 1 atom stereocenters. The summed E-state index contributed by atoms with van der Waals surface area (Å²) in [6.45, 7) is 11.4. The Balaban J connectivity index is 4.16. The summed E-state index contributed by atoms with van der Waals surface area (Å²) in [5.74, 6) is 0.840. The molecule has 0 radical (unpaired) electrons. The molecule has 62 heavy (non-hydrogen) atoms. The molecule has 0 rings (SSSR count). The molecule has 6 heteroatoms. The molecule has 0 N–H and O–H groups in total. The van der Waals surface area contributed by atoms with E-state index in [0.717, 1.165) is 69.6 Å². The van der Waals surface area contributed by atoms with Gasteiger partial charge in [0.1, 0.15) is 13.2 Å². The van der Waals surface area contributed by atoms with Crippen LogP contribution in [0.4, 0.5) is 0 Å². The zero-order valence-corrected chi connectivity index (χ0v) is 42.5. The van der Waals surface area contributed by atoms with Gasteiger partial charge in [0, 0.05) is 19.3 Å². The first-order valence-electron chi connectivity index (χ1n) is 27.7. The van der Waals surface area contributed by atoms with Crippen molar-refractivity contribution in [3.63, 3.8) is 0 Å². The van der Waals surface area contributed by atoms with Crippen LogP contribution in [0.25, 0.3) is 0 Å². The van der Waals surface area contributed by atoms with Gasteiger partial charge in [-0.3, -0.25) is 14.4 Å². The highest BCUT2D eigenvalue weighted by atomic mass is 16.6. The van der Waals surface area contributed by atoms with Crippen LogP contribution in [0.15, 0.2) is 0 Å². The Bertz CT molecular complexity index is 947. The van der Waals surface area contributed by atoms with Crippen LogP contribution in [-0.4, -0.2) is 37.2 Å². The number of esters is 3. The first kappa shape index (κ1) is 60.4. The Hall–Kier alpha value is -1.59. The number of hydrogen-bond acceptors (Lipinski definition) is 6. The van der Waals surface area contributed by atoms with Gasteiger partial charge in [0.25, 0.3) is 0 Å². The van der Waals surface area contributed by atoms with Crippen LogP contribution >= 0.6 is 0 Å². The van der Waals surface area contributed by atoms with Crippen LogP contribution in [0, 0.1) is 11.8 Å². The minimum atomic E-state index is -0.761. The standard InChI is InChI=1S/C56H108O6/c1-6-7-8-9-10-24-33-38-43-48-56(59)62-53(50-61-55(58)47-42-37-32-28-23-19-21-26-30-35-40-45-52(4)5)49-60-54(57)46-41-36-31-27-22-18-16-14-12-11-13-15-17-20-25-29-34-39-44-51(2)3/h51-53H,6-50H2,1-5H3/t53-/m0/s1. The molecule has 0 spiro atoms. The zero-order valence-electron chi connectivity index (χ0n) is 42.5. The Labute approximate surface area is 387 Å². The summed E-state index contributed by atoms with van der Waals surface area (Å²) in [5.41, 5.74) is 0. The fourth-order valence-electron chi connectivity index (χ4n) is 8.52. The minimum absolute atomic E-state index is 0.0633. The molecule has 368 valence electrons. The molecular formula is C56H108O6. The minimum Gasteiger partial charge on any atom is -0.462 e. The van der Waals surface area contributed by atoms with E-state index in [1.54, 1.807) is 0 Å². The van der Waals surface area contributed by atoms with Gasteiger partial charge in [-0.05, 0) is 31.1 Å².